The second-order valence-electron chi connectivity index (χ2n) is 6.20. The first kappa shape index (κ1) is 16.8. The molecule has 122 valence electrons. The monoisotopic (exact) mass is 306 g/mol. The number of nitrogens with one attached hydrogen (secondary N) is 1. The molecule has 5 heteroatoms. The summed E-state index contributed by atoms with van der Waals surface area (Å²) in [7, 11) is 1.91. The minimum atomic E-state index is -0.830. The van der Waals surface area contributed by atoms with E-state index in [1.807, 2.05) is 36.2 Å². The minimum Gasteiger partial charge on any atom is -0.395 e. The van der Waals surface area contributed by atoms with Crippen LogP contribution in [0.5, 0.6) is 0 Å². The molecule has 0 spiro atoms. The SMILES string of the molecule is CN(CCO)c1ccc(NC(=O)CC2(O)CCCCC2)cc1. The predicted octanol–water partition coefficient (Wildman–Crippen LogP) is 2.14. The maximum absolute atomic E-state index is 12.1. The Morgan fingerprint density at radius 1 is 1.23 bits per heavy atom. The van der Waals surface area contributed by atoms with E-state index in [4.69, 9.17) is 5.11 Å². The summed E-state index contributed by atoms with van der Waals surface area (Å²) >= 11 is 0. The molecule has 2 rings (SSSR count). The van der Waals surface area contributed by atoms with Crippen LogP contribution in [0.3, 0.4) is 0 Å². The third kappa shape index (κ3) is 4.71. The van der Waals surface area contributed by atoms with Gasteiger partial charge in [-0.05, 0) is 37.1 Å². The molecular formula is C17H26N2O3. The fourth-order valence-electron chi connectivity index (χ4n) is 2.97. The molecule has 1 aliphatic carbocycles. The summed E-state index contributed by atoms with van der Waals surface area (Å²) in [5.74, 6) is -0.138. The largest absolute Gasteiger partial charge is 0.395 e. The van der Waals surface area contributed by atoms with Crippen LogP contribution < -0.4 is 10.2 Å². The molecule has 1 fully saturated rings. The van der Waals surface area contributed by atoms with Gasteiger partial charge in [-0.15, -0.1) is 0 Å². The molecule has 1 saturated carbocycles. The van der Waals surface area contributed by atoms with Crippen molar-refractivity contribution in [1.82, 2.24) is 0 Å². The first-order chi connectivity index (χ1) is 10.5. The van der Waals surface area contributed by atoms with Crippen LogP contribution in [0.2, 0.25) is 0 Å². The molecule has 0 bridgehead atoms. The summed E-state index contributed by atoms with van der Waals surface area (Å²) in [5, 5.41) is 22.2. The van der Waals surface area contributed by atoms with Gasteiger partial charge in [-0.25, -0.2) is 0 Å². The van der Waals surface area contributed by atoms with Crippen molar-refractivity contribution in [2.24, 2.45) is 0 Å². The summed E-state index contributed by atoms with van der Waals surface area (Å²) in [6, 6.07) is 7.49. The van der Waals surface area contributed by atoms with E-state index in [2.05, 4.69) is 5.32 Å². The Morgan fingerprint density at radius 2 is 1.86 bits per heavy atom. The van der Waals surface area contributed by atoms with Crippen LogP contribution in [-0.2, 0) is 4.79 Å². The zero-order chi connectivity index (χ0) is 16.0. The van der Waals surface area contributed by atoms with Gasteiger partial charge in [0.2, 0.25) is 5.91 Å². The van der Waals surface area contributed by atoms with Crippen LogP contribution >= 0.6 is 0 Å². The predicted molar refractivity (Wildman–Crippen MR) is 88.1 cm³/mol. The number of aliphatic hydroxyl groups excluding tert-OH is 1. The molecule has 5 nitrogen and oxygen atoms in total. The quantitative estimate of drug-likeness (QED) is 0.753. The molecule has 22 heavy (non-hydrogen) atoms. The van der Waals surface area contributed by atoms with Gasteiger partial charge in [0.1, 0.15) is 0 Å². The fraction of sp³-hybridized carbons (Fsp3) is 0.588. The third-order valence-corrected chi connectivity index (χ3v) is 4.30. The Morgan fingerprint density at radius 3 is 2.45 bits per heavy atom. The minimum absolute atomic E-state index is 0.105. The summed E-state index contributed by atoms with van der Waals surface area (Å²) < 4.78 is 0. The average Bonchev–Trinajstić information content (AvgIpc) is 2.48. The van der Waals surface area contributed by atoms with Gasteiger partial charge < -0.3 is 20.4 Å². The molecule has 1 aromatic carbocycles. The van der Waals surface area contributed by atoms with Crippen LogP contribution in [0.25, 0.3) is 0 Å². The van der Waals surface area contributed by atoms with E-state index < -0.39 is 5.60 Å². The molecule has 0 aliphatic heterocycles. The van der Waals surface area contributed by atoms with Gasteiger partial charge in [0.25, 0.3) is 0 Å². The van der Waals surface area contributed by atoms with E-state index in [1.165, 1.54) is 0 Å². The highest BCUT2D eigenvalue weighted by atomic mass is 16.3. The molecule has 1 aromatic rings. The van der Waals surface area contributed by atoms with Gasteiger partial charge >= 0.3 is 0 Å². The van der Waals surface area contributed by atoms with Gasteiger partial charge in [0.05, 0.1) is 18.6 Å². The Bertz CT molecular complexity index is 481. The Balaban J connectivity index is 1.88. The Labute approximate surface area is 131 Å². The number of carbonyl (C=O) groups excluding carboxylic acids is 1. The highest BCUT2D eigenvalue weighted by Crippen LogP contribution is 2.31. The summed E-state index contributed by atoms with van der Waals surface area (Å²) in [5.41, 5.74) is 0.882. The van der Waals surface area contributed by atoms with Crippen LogP contribution in [0.15, 0.2) is 24.3 Å². The van der Waals surface area contributed by atoms with Crippen molar-refractivity contribution in [3.63, 3.8) is 0 Å². The lowest BCUT2D eigenvalue weighted by atomic mass is 9.82. The molecule has 0 atom stereocenters. The maximum Gasteiger partial charge on any atom is 0.227 e. The first-order valence-corrected chi connectivity index (χ1v) is 7.97. The number of benzene rings is 1. The molecule has 0 aromatic heterocycles. The van der Waals surface area contributed by atoms with Gasteiger partial charge in [-0.1, -0.05) is 19.3 Å². The lowest BCUT2D eigenvalue weighted by Crippen LogP contribution is -2.35. The number of anilines is 2. The molecule has 0 heterocycles. The lowest BCUT2D eigenvalue weighted by Gasteiger charge is -2.31. The molecule has 0 saturated heterocycles. The molecule has 0 unspecified atom stereocenters. The first-order valence-electron chi connectivity index (χ1n) is 7.97. The number of hydrogen-bond acceptors (Lipinski definition) is 4. The van der Waals surface area contributed by atoms with Crippen molar-refractivity contribution in [1.29, 1.82) is 0 Å². The maximum atomic E-state index is 12.1. The number of rotatable bonds is 6. The van der Waals surface area contributed by atoms with E-state index in [0.29, 0.717) is 19.4 Å². The van der Waals surface area contributed by atoms with Crippen molar-refractivity contribution in [2.45, 2.75) is 44.1 Å². The molecule has 1 amide bonds. The second-order valence-corrected chi connectivity index (χ2v) is 6.20. The smallest absolute Gasteiger partial charge is 0.227 e. The molecule has 1 aliphatic rings. The van der Waals surface area contributed by atoms with E-state index in [0.717, 1.165) is 30.6 Å². The topological polar surface area (TPSA) is 72.8 Å². The van der Waals surface area contributed by atoms with Gasteiger partial charge in [-0.3, -0.25) is 4.79 Å². The van der Waals surface area contributed by atoms with E-state index >= 15 is 0 Å². The van der Waals surface area contributed by atoms with Crippen LogP contribution in [-0.4, -0.2) is 41.9 Å². The van der Waals surface area contributed by atoms with Gasteiger partial charge in [-0.2, -0.15) is 0 Å². The Kier molecular flexibility index (Phi) is 5.80. The third-order valence-electron chi connectivity index (χ3n) is 4.30. The number of carbonyl (C=O) groups is 1. The zero-order valence-electron chi connectivity index (χ0n) is 13.2. The highest BCUT2D eigenvalue weighted by molar-refractivity contribution is 5.91. The molecular weight excluding hydrogens is 280 g/mol. The van der Waals surface area contributed by atoms with E-state index in [9.17, 15) is 9.90 Å². The van der Waals surface area contributed by atoms with E-state index in [1.54, 1.807) is 0 Å². The highest BCUT2D eigenvalue weighted by Gasteiger charge is 2.31. The van der Waals surface area contributed by atoms with Gasteiger partial charge in [0, 0.05) is 25.0 Å². The molecule has 3 N–H and O–H groups in total. The summed E-state index contributed by atoms with van der Waals surface area (Å²) in [6.07, 6.45) is 4.73. The standard InChI is InChI=1S/C17H26N2O3/c1-19(11-12-20)15-7-5-14(6-8-15)18-16(21)13-17(22)9-3-2-4-10-17/h5-8,20,22H,2-4,9-13H2,1H3,(H,18,21). The van der Waals surface area contributed by atoms with Crippen molar-refractivity contribution >= 4 is 17.3 Å². The lowest BCUT2D eigenvalue weighted by molar-refractivity contribution is -0.122. The van der Waals surface area contributed by atoms with E-state index in [-0.39, 0.29) is 18.9 Å². The Hall–Kier alpha value is -1.59. The number of likely N-dealkylation sites (N-methyl/N-ethyl adjacent to an activating group) is 1. The van der Waals surface area contributed by atoms with Crippen molar-refractivity contribution in [2.75, 3.05) is 30.4 Å². The number of nitrogens with zero attached hydrogens (tertiary/aromatic N) is 1. The zero-order valence-corrected chi connectivity index (χ0v) is 13.2. The van der Waals surface area contributed by atoms with Crippen molar-refractivity contribution < 1.29 is 15.0 Å². The summed E-state index contributed by atoms with van der Waals surface area (Å²) in [6.45, 7) is 0.673. The van der Waals surface area contributed by atoms with Crippen LogP contribution in [0, 0.1) is 0 Å². The number of aliphatic hydroxyl groups is 2. The number of hydrogen-bond donors (Lipinski definition) is 3. The fourth-order valence-corrected chi connectivity index (χ4v) is 2.97. The van der Waals surface area contributed by atoms with Gasteiger partial charge in [0.15, 0.2) is 0 Å². The summed E-state index contributed by atoms with van der Waals surface area (Å²) in [4.78, 5) is 14.0. The normalized spacial score (nSPS) is 17.0. The van der Waals surface area contributed by atoms with Crippen LogP contribution in [0.4, 0.5) is 11.4 Å². The van der Waals surface area contributed by atoms with Crippen LogP contribution in [0.1, 0.15) is 38.5 Å². The average molecular weight is 306 g/mol. The molecule has 0 radical (unpaired) electrons. The van der Waals surface area contributed by atoms with Crippen molar-refractivity contribution in [3.8, 4) is 0 Å². The number of amides is 1. The van der Waals surface area contributed by atoms with Crippen molar-refractivity contribution in [3.05, 3.63) is 24.3 Å². The second kappa shape index (κ2) is 7.61.